The monoisotopic (exact) mass is 183 g/mol. The van der Waals surface area contributed by atoms with E-state index >= 15 is 0 Å². The standard InChI is InChI=1S/C14H15/c1-14(2,3)13-9-8-11-6-4-5-7-12(11)10-13/h4-10H,1H2,2-3H3. The van der Waals surface area contributed by atoms with Crippen LogP contribution in [0.1, 0.15) is 19.4 Å². The highest BCUT2D eigenvalue weighted by Crippen LogP contribution is 2.25. The molecule has 0 saturated carbocycles. The van der Waals surface area contributed by atoms with Crippen LogP contribution in [0.25, 0.3) is 10.8 Å². The molecule has 14 heavy (non-hydrogen) atoms. The first-order valence-corrected chi connectivity index (χ1v) is 4.92. The van der Waals surface area contributed by atoms with Crippen molar-refractivity contribution in [2.24, 2.45) is 0 Å². The number of fused-ring (bicyclic) bond motifs is 1. The van der Waals surface area contributed by atoms with Gasteiger partial charge in [0.25, 0.3) is 0 Å². The third-order valence-corrected chi connectivity index (χ3v) is 2.53. The minimum absolute atomic E-state index is 0.00989. The topological polar surface area (TPSA) is 0 Å². The van der Waals surface area contributed by atoms with Gasteiger partial charge in [-0.15, -0.1) is 0 Å². The van der Waals surface area contributed by atoms with Crippen molar-refractivity contribution < 1.29 is 0 Å². The zero-order valence-corrected chi connectivity index (χ0v) is 8.75. The third-order valence-electron chi connectivity index (χ3n) is 2.53. The van der Waals surface area contributed by atoms with Crippen LogP contribution in [0.4, 0.5) is 0 Å². The molecule has 0 nitrogen and oxygen atoms in total. The Kier molecular flexibility index (Phi) is 2.07. The molecule has 2 rings (SSSR count). The van der Waals surface area contributed by atoms with Crippen molar-refractivity contribution in [1.82, 2.24) is 0 Å². The Bertz CT molecular complexity index is 447. The summed E-state index contributed by atoms with van der Waals surface area (Å²) in [5, 5.41) is 2.59. The van der Waals surface area contributed by atoms with E-state index in [9.17, 15) is 0 Å². The maximum Gasteiger partial charge on any atom is -0.0103 e. The summed E-state index contributed by atoms with van der Waals surface area (Å²) in [6.07, 6.45) is 0. The number of hydrogen-bond acceptors (Lipinski definition) is 0. The van der Waals surface area contributed by atoms with Crippen LogP contribution >= 0.6 is 0 Å². The Morgan fingerprint density at radius 3 is 2.21 bits per heavy atom. The molecule has 0 saturated heterocycles. The quantitative estimate of drug-likeness (QED) is 0.628. The Labute approximate surface area is 85.6 Å². The molecule has 0 bridgehead atoms. The molecule has 1 radical (unpaired) electrons. The van der Waals surface area contributed by atoms with Crippen molar-refractivity contribution in [2.45, 2.75) is 19.3 Å². The van der Waals surface area contributed by atoms with Gasteiger partial charge in [0, 0.05) is 0 Å². The van der Waals surface area contributed by atoms with E-state index in [2.05, 4.69) is 63.2 Å². The van der Waals surface area contributed by atoms with Gasteiger partial charge in [-0.2, -0.15) is 0 Å². The summed E-state index contributed by atoms with van der Waals surface area (Å²) in [7, 11) is 0. The lowest BCUT2D eigenvalue weighted by molar-refractivity contribution is 0.666. The van der Waals surface area contributed by atoms with E-state index < -0.39 is 0 Å². The molecule has 71 valence electrons. The van der Waals surface area contributed by atoms with Crippen LogP contribution < -0.4 is 0 Å². The maximum atomic E-state index is 4.15. The third kappa shape index (κ3) is 1.65. The van der Waals surface area contributed by atoms with Crippen LogP contribution in [0.2, 0.25) is 0 Å². The lowest BCUT2D eigenvalue weighted by Crippen LogP contribution is -2.10. The fourth-order valence-corrected chi connectivity index (χ4v) is 1.61. The Balaban J connectivity index is 2.63. The predicted molar refractivity (Wildman–Crippen MR) is 62.3 cm³/mol. The minimum atomic E-state index is -0.00989. The molecule has 0 aliphatic carbocycles. The minimum Gasteiger partial charge on any atom is -0.0616 e. The van der Waals surface area contributed by atoms with E-state index in [0.717, 1.165) is 0 Å². The summed E-state index contributed by atoms with van der Waals surface area (Å²) >= 11 is 0. The summed E-state index contributed by atoms with van der Waals surface area (Å²) in [5.74, 6) is 0. The summed E-state index contributed by atoms with van der Waals surface area (Å²) in [5.41, 5.74) is 1.28. The molecule has 0 aromatic heterocycles. The highest BCUT2D eigenvalue weighted by atomic mass is 14.2. The highest BCUT2D eigenvalue weighted by Gasteiger charge is 2.13. The molecule has 0 fully saturated rings. The fourth-order valence-electron chi connectivity index (χ4n) is 1.61. The molecule has 0 heterocycles. The smallest absolute Gasteiger partial charge is 0.0103 e. The van der Waals surface area contributed by atoms with Crippen molar-refractivity contribution in [1.29, 1.82) is 0 Å². The second-order valence-electron chi connectivity index (χ2n) is 4.45. The largest absolute Gasteiger partial charge is 0.0616 e. The molecule has 0 amide bonds. The van der Waals surface area contributed by atoms with E-state index in [1.807, 2.05) is 0 Å². The zero-order valence-electron chi connectivity index (χ0n) is 8.75. The van der Waals surface area contributed by atoms with Crippen LogP contribution in [0.3, 0.4) is 0 Å². The molecule has 0 aliphatic rings. The number of rotatable bonds is 1. The van der Waals surface area contributed by atoms with Gasteiger partial charge in [0.2, 0.25) is 0 Å². The lowest BCUT2D eigenvalue weighted by Gasteiger charge is -2.19. The summed E-state index contributed by atoms with van der Waals surface area (Å²) in [6, 6.07) is 15.0. The average Bonchev–Trinajstić information content (AvgIpc) is 2.16. The molecule has 0 atom stereocenters. The van der Waals surface area contributed by atoms with Crippen LogP contribution in [-0.2, 0) is 5.41 Å². The molecule has 0 aliphatic heterocycles. The van der Waals surface area contributed by atoms with Gasteiger partial charge >= 0.3 is 0 Å². The van der Waals surface area contributed by atoms with Gasteiger partial charge in [0.05, 0.1) is 0 Å². The van der Waals surface area contributed by atoms with Crippen LogP contribution in [-0.4, -0.2) is 0 Å². The van der Waals surface area contributed by atoms with E-state index in [4.69, 9.17) is 0 Å². The number of hydrogen-bond donors (Lipinski definition) is 0. The van der Waals surface area contributed by atoms with E-state index in [1.54, 1.807) is 0 Å². The highest BCUT2D eigenvalue weighted by molar-refractivity contribution is 5.83. The Morgan fingerprint density at radius 1 is 0.929 bits per heavy atom. The first kappa shape index (κ1) is 9.26. The SMILES string of the molecule is [CH2]C(C)(C)c1ccc2ccccc2c1. The second kappa shape index (κ2) is 3.13. The average molecular weight is 183 g/mol. The predicted octanol–water partition coefficient (Wildman–Crippen LogP) is 3.95. The van der Waals surface area contributed by atoms with E-state index in [1.165, 1.54) is 16.3 Å². The number of benzene rings is 2. The molecule has 0 heteroatoms. The Morgan fingerprint density at radius 2 is 1.57 bits per heavy atom. The van der Waals surface area contributed by atoms with Gasteiger partial charge in [-0.1, -0.05) is 56.3 Å². The van der Waals surface area contributed by atoms with Crippen molar-refractivity contribution in [3.63, 3.8) is 0 Å². The summed E-state index contributed by atoms with van der Waals surface area (Å²) < 4.78 is 0. The Hall–Kier alpha value is -1.30. The van der Waals surface area contributed by atoms with Crippen LogP contribution in [0, 0.1) is 6.92 Å². The molecule has 2 aromatic carbocycles. The van der Waals surface area contributed by atoms with Crippen molar-refractivity contribution in [3.8, 4) is 0 Å². The van der Waals surface area contributed by atoms with E-state index in [0.29, 0.717) is 0 Å². The molecule has 0 spiro atoms. The van der Waals surface area contributed by atoms with Gasteiger partial charge in [0.15, 0.2) is 0 Å². The summed E-state index contributed by atoms with van der Waals surface area (Å²) in [6.45, 7) is 8.42. The normalized spacial score (nSPS) is 11.9. The van der Waals surface area contributed by atoms with Crippen molar-refractivity contribution >= 4 is 10.8 Å². The molecular formula is C14H15. The van der Waals surface area contributed by atoms with Crippen LogP contribution in [0.15, 0.2) is 42.5 Å². The van der Waals surface area contributed by atoms with Gasteiger partial charge < -0.3 is 0 Å². The second-order valence-corrected chi connectivity index (χ2v) is 4.45. The molecule has 2 aromatic rings. The maximum absolute atomic E-state index is 4.15. The van der Waals surface area contributed by atoms with Gasteiger partial charge in [-0.25, -0.2) is 0 Å². The molecule has 0 N–H and O–H groups in total. The van der Waals surface area contributed by atoms with Gasteiger partial charge in [0.1, 0.15) is 0 Å². The first-order chi connectivity index (χ1) is 6.57. The van der Waals surface area contributed by atoms with Crippen LogP contribution in [0.5, 0.6) is 0 Å². The van der Waals surface area contributed by atoms with Crippen molar-refractivity contribution in [3.05, 3.63) is 55.0 Å². The summed E-state index contributed by atoms with van der Waals surface area (Å²) in [4.78, 5) is 0. The first-order valence-electron chi connectivity index (χ1n) is 4.92. The van der Waals surface area contributed by atoms with E-state index in [-0.39, 0.29) is 5.41 Å². The molecular weight excluding hydrogens is 168 g/mol. The lowest BCUT2D eigenvalue weighted by atomic mass is 9.86. The van der Waals surface area contributed by atoms with Crippen molar-refractivity contribution in [2.75, 3.05) is 0 Å². The van der Waals surface area contributed by atoms with Gasteiger partial charge in [-0.05, 0) is 28.7 Å². The fraction of sp³-hybridized carbons (Fsp3) is 0.214. The van der Waals surface area contributed by atoms with Gasteiger partial charge in [-0.3, -0.25) is 0 Å². The molecule has 0 unspecified atom stereocenters. The zero-order chi connectivity index (χ0) is 10.2.